The summed E-state index contributed by atoms with van der Waals surface area (Å²) in [5, 5.41) is 13.4. The van der Waals surface area contributed by atoms with Crippen molar-refractivity contribution in [2.75, 3.05) is 5.32 Å². The normalized spacial score (nSPS) is 12.3. The smallest absolute Gasteiger partial charge is 0.142 e. The first-order valence-corrected chi connectivity index (χ1v) is 7.26. The van der Waals surface area contributed by atoms with E-state index in [9.17, 15) is 9.50 Å². The van der Waals surface area contributed by atoms with Gasteiger partial charge in [0.1, 0.15) is 11.6 Å². The van der Waals surface area contributed by atoms with Gasteiger partial charge in [0, 0.05) is 10.7 Å². The molecule has 2 rings (SSSR count). The lowest BCUT2D eigenvalue weighted by molar-refractivity contribution is 0.470. The van der Waals surface area contributed by atoms with Crippen LogP contribution in [0.5, 0.6) is 5.75 Å². The number of benzene rings is 2. The van der Waals surface area contributed by atoms with Crippen LogP contribution in [0.1, 0.15) is 29.7 Å². The molecule has 0 saturated heterocycles. The molecule has 0 aliphatic heterocycles. The van der Waals surface area contributed by atoms with E-state index in [1.807, 2.05) is 26.8 Å². The summed E-state index contributed by atoms with van der Waals surface area (Å²) in [6.45, 7) is 5.59. The molecule has 0 aliphatic carbocycles. The number of rotatable bonds is 3. The molecule has 0 heterocycles. The van der Waals surface area contributed by atoms with E-state index < -0.39 is 5.82 Å². The van der Waals surface area contributed by atoms with E-state index in [0.717, 1.165) is 16.8 Å². The molecule has 0 saturated carbocycles. The average molecular weight is 328 g/mol. The van der Waals surface area contributed by atoms with Crippen molar-refractivity contribution in [3.8, 4) is 5.75 Å². The van der Waals surface area contributed by atoms with Crippen LogP contribution >= 0.6 is 23.2 Å². The monoisotopic (exact) mass is 327 g/mol. The minimum absolute atomic E-state index is 0.00704. The van der Waals surface area contributed by atoms with E-state index in [-0.39, 0.29) is 16.8 Å². The molecule has 0 bridgehead atoms. The summed E-state index contributed by atoms with van der Waals surface area (Å²) >= 11 is 11.8. The Morgan fingerprint density at radius 3 is 2.38 bits per heavy atom. The Morgan fingerprint density at radius 2 is 1.71 bits per heavy atom. The minimum Gasteiger partial charge on any atom is -0.508 e. The molecular weight excluding hydrogens is 312 g/mol. The number of aryl methyl sites for hydroxylation is 2. The first kappa shape index (κ1) is 15.9. The number of anilines is 1. The molecule has 21 heavy (non-hydrogen) atoms. The molecule has 0 aromatic heterocycles. The highest BCUT2D eigenvalue weighted by molar-refractivity contribution is 6.35. The lowest BCUT2D eigenvalue weighted by Gasteiger charge is -2.20. The number of hydrogen-bond donors (Lipinski definition) is 2. The predicted octanol–water partition coefficient (Wildman–Crippen LogP) is 5.63. The molecule has 2 nitrogen and oxygen atoms in total. The second kappa shape index (κ2) is 6.12. The van der Waals surface area contributed by atoms with Gasteiger partial charge in [-0.1, -0.05) is 23.2 Å². The van der Waals surface area contributed by atoms with Crippen molar-refractivity contribution in [1.29, 1.82) is 0 Å². The van der Waals surface area contributed by atoms with Crippen molar-refractivity contribution < 1.29 is 9.50 Å². The average Bonchev–Trinajstić information content (AvgIpc) is 2.40. The summed E-state index contributed by atoms with van der Waals surface area (Å²) < 4.78 is 13.6. The van der Waals surface area contributed by atoms with E-state index in [1.165, 1.54) is 12.1 Å². The summed E-state index contributed by atoms with van der Waals surface area (Å²) in [6, 6.07) is 6.08. The molecule has 2 aromatic carbocycles. The highest BCUT2D eigenvalue weighted by Gasteiger charge is 2.14. The fourth-order valence-corrected chi connectivity index (χ4v) is 2.68. The SMILES string of the molecule is Cc1cc(NC(C)c2cc(F)c(Cl)cc2Cl)c(C)cc1O. The van der Waals surface area contributed by atoms with Gasteiger partial charge in [-0.15, -0.1) is 0 Å². The van der Waals surface area contributed by atoms with Gasteiger partial charge in [0.2, 0.25) is 0 Å². The molecular formula is C16H16Cl2FNO. The van der Waals surface area contributed by atoms with Crippen molar-refractivity contribution in [3.05, 3.63) is 56.8 Å². The third kappa shape index (κ3) is 3.42. The van der Waals surface area contributed by atoms with Gasteiger partial charge in [-0.3, -0.25) is 0 Å². The van der Waals surface area contributed by atoms with Crippen molar-refractivity contribution in [3.63, 3.8) is 0 Å². The third-order valence-electron chi connectivity index (χ3n) is 3.42. The van der Waals surface area contributed by atoms with Crippen LogP contribution in [0, 0.1) is 19.7 Å². The number of hydrogen-bond acceptors (Lipinski definition) is 2. The molecule has 2 N–H and O–H groups in total. The Labute approximate surface area is 133 Å². The zero-order valence-corrected chi connectivity index (χ0v) is 13.5. The summed E-state index contributed by atoms with van der Waals surface area (Å²) in [7, 11) is 0. The number of aromatic hydroxyl groups is 1. The maximum Gasteiger partial charge on any atom is 0.142 e. The molecule has 0 fully saturated rings. The van der Waals surface area contributed by atoms with Crippen LogP contribution in [0.3, 0.4) is 0 Å². The van der Waals surface area contributed by atoms with Gasteiger partial charge in [0.15, 0.2) is 0 Å². The van der Waals surface area contributed by atoms with Crippen molar-refractivity contribution >= 4 is 28.9 Å². The van der Waals surface area contributed by atoms with Gasteiger partial charge in [0.25, 0.3) is 0 Å². The molecule has 1 unspecified atom stereocenters. The first-order chi connectivity index (χ1) is 9.79. The summed E-state index contributed by atoms with van der Waals surface area (Å²) in [5.41, 5.74) is 3.16. The Bertz CT molecular complexity index is 688. The van der Waals surface area contributed by atoms with E-state index in [2.05, 4.69) is 5.32 Å². The Morgan fingerprint density at radius 1 is 1.05 bits per heavy atom. The quantitative estimate of drug-likeness (QED) is 0.565. The predicted molar refractivity (Wildman–Crippen MR) is 86.0 cm³/mol. The van der Waals surface area contributed by atoms with Crippen LogP contribution in [0.25, 0.3) is 0 Å². The van der Waals surface area contributed by atoms with E-state index in [1.54, 1.807) is 6.07 Å². The van der Waals surface area contributed by atoms with E-state index in [4.69, 9.17) is 23.2 Å². The molecule has 5 heteroatoms. The van der Waals surface area contributed by atoms with E-state index >= 15 is 0 Å². The Hall–Kier alpha value is -1.45. The summed E-state index contributed by atoms with van der Waals surface area (Å²) in [6.07, 6.45) is 0. The van der Waals surface area contributed by atoms with Crippen LogP contribution in [0.2, 0.25) is 10.0 Å². The lowest BCUT2D eigenvalue weighted by atomic mass is 10.1. The van der Waals surface area contributed by atoms with Crippen LogP contribution in [-0.2, 0) is 0 Å². The molecule has 112 valence electrons. The topological polar surface area (TPSA) is 32.3 Å². The van der Waals surface area contributed by atoms with Gasteiger partial charge in [-0.25, -0.2) is 4.39 Å². The van der Waals surface area contributed by atoms with Crippen molar-refractivity contribution in [2.45, 2.75) is 26.8 Å². The molecule has 0 amide bonds. The maximum atomic E-state index is 13.6. The zero-order chi connectivity index (χ0) is 15.7. The van der Waals surface area contributed by atoms with Crippen molar-refractivity contribution in [1.82, 2.24) is 0 Å². The molecule has 2 aromatic rings. The molecule has 0 spiro atoms. The third-order valence-corrected chi connectivity index (χ3v) is 4.04. The van der Waals surface area contributed by atoms with Gasteiger partial charge in [0.05, 0.1) is 11.1 Å². The van der Waals surface area contributed by atoms with Gasteiger partial charge in [-0.2, -0.15) is 0 Å². The fourth-order valence-electron chi connectivity index (χ4n) is 2.14. The summed E-state index contributed by atoms with van der Waals surface area (Å²) in [5.74, 6) is -0.246. The van der Waals surface area contributed by atoms with Crippen LogP contribution in [-0.4, -0.2) is 5.11 Å². The largest absolute Gasteiger partial charge is 0.508 e. The van der Waals surface area contributed by atoms with E-state index in [0.29, 0.717) is 10.6 Å². The number of nitrogens with one attached hydrogen (secondary N) is 1. The summed E-state index contributed by atoms with van der Waals surface area (Å²) in [4.78, 5) is 0. The molecule has 0 radical (unpaired) electrons. The van der Waals surface area contributed by atoms with Crippen LogP contribution in [0.4, 0.5) is 10.1 Å². The first-order valence-electron chi connectivity index (χ1n) is 6.50. The van der Waals surface area contributed by atoms with Crippen molar-refractivity contribution in [2.24, 2.45) is 0 Å². The number of phenolic OH excluding ortho intramolecular Hbond substituents is 1. The second-order valence-corrected chi connectivity index (χ2v) is 5.92. The van der Waals surface area contributed by atoms with Crippen LogP contribution in [0.15, 0.2) is 24.3 Å². The Balaban J connectivity index is 2.32. The minimum atomic E-state index is -0.497. The standard InChI is InChI=1S/C16H16Cl2FNO/c1-8-5-16(21)9(2)4-15(8)20-10(3)11-6-14(19)13(18)7-12(11)17/h4-7,10,20-21H,1-3H3. The Kier molecular flexibility index (Phi) is 4.64. The van der Waals surface area contributed by atoms with Gasteiger partial charge in [-0.05, 0) is 61.7 Å². The maximum absolute atomic E-state index is 13.6. The van der Waals surface area contributed by atoms with Gasteiger partial charge >= 0.3 is 0 Å². The van der Waals surface area contributed by atoms with Gasteiger partial charge < -0.3 is 10.4 Å². The highest BCUT2D eigenvalue weighted by atomic mass is 35.5. The fraction of sp³-hybridized carbons (Fsp3) is 0.250. The lowest BCUT2D eigenvalue weighted by Crippen LogP contribution is -2.09. The second-order valence-electron chi connectivity index (χ2n) is 5.11. The number of halogens is 3. The molecule has 0 aliphatic rings. The number of phenols is 1. The zero-order valence-electron chi connectivity index (χ0n) is 12.0. The highest BCUT2D eigenvalue weighted by Crippen LogP contribution is 2.32. The van der Waals surface area contributed by atoms with Crippen LogP contribution < -0.4 is 5.32 Å². The molecule has 1 atom stereocenters.